The van der Waals surface area contributed by atoms with Crippen molar-refractivity contribution in [2.75, 3.05) is 10.1 Å². The molecule has 0 heterocycles. The largest absolute Gasteiger partial charge is 0.280 e. The smallest absolute Gasteiger partial charge is 0.270 e. The lowest BCUT2D eigenvalue weighted by Crippen LogP contribution is -2.15. The van der Waals surface area contributed by atoms with Crippen LogP contribution in [0.15, 0.2) is 76.7 Å². The molecule has 0 aliphatic heterocycles. The normalized spacial score (nSPS) is 11.4. The first kappa shape index (κ1) is 21.3. The van der Waals surface area contributed by atoms with E-state index < -0.39 is 14.9 Å². The Morgan fingerprint density at radius 3 is 2.43 bits per heavy atom. The van der Waals surface area contributed by atoms with Crippen molar-refractivity contribution >= 4 is 44.9 Å². The SMILES string of the molecule is Cc1ccccc1/C=N/Nc1ccc([N+](=O)[O-])cc1S(=O)(=O)Nc1ccc(Cl)cc1. The Hall–Kier alpha value is -3.43. The quantitative estimate of drug-likeness (QED) is 0.308. The summed E-state index contributed by atoms with van der Waals surface area (Å²) in [6.45, 7) is 1.92. The number of benzene rings is 3. The minimum absolute atomic E-state index is 0.0897. The molecule has 0 radical (unpaired) electrons. The first-order chi connectivity index (χ1) is 14.3. The van der Waals surface area contributed by atoms with Crippen LogP contribution in [-0.2, 0) is 10.0 Å². The van der Waals surface area contributed by atoms with Crippen molar-refractivity contribution in [3.63, 3.8) is 0 Å². The predicted octanol–water partition coefficient (Wildman–Crippen LogP) is 4.80. The van der Waals surface area contributed by atoms with Gasteiger partial charge in [-0.2, -0.15) is 5.10 Å². The summed E-state index contributed by atoms with van der Waals surface area (Å²) in [7, 11) is -4.15. The molecule has 10 heteroatoms. The summed E-state index contributed by atoms with van der Waals surface area (Å²) in [6, 6.07) is 17.0. The predicted molar refractivity (Wildman–Crippen MR) is 118 cm³/mol. The van der Waals surface area contributed by atoms with Crippen LogP contribution in [0.1, 0.15) is 11.1 Å². The van der Waals surface area contributed by atoms with Crippen LogP contribution in [0, 0.1) is 17.0 Å². The van der Waals surface area contributed by atoms with Gasteiger partial charge in [0.25, 0.3) is 15.7 Å². The van der Waals surface area contributed by atoms with Gasteiger partial charge in [-0.3, -0.25) is 20.3 Å². The summed E-state index contributed by atoms with van der Waals surface area (Å²) in [5.74, 6) is 0. The fourth-order valence-corrected chi connectivity index (χ4v) is 3.93. The maximum Gasteiger partial charge on any atom is 0.270 e. The van der Waals surface area contributed by atoms with E-state index in [1.165, 1.54) is 36.4 Å². The molecule has 30 heavy (non-hydrogen) atoms. The molecule has 0 atom stereocenters. The van der Waals surface area contributed by atoms with Crippen molar-refractivity contribution in [2.24, 2.45) is 5.10 Å². The summed E-state index contributed by atoms with van der Waals surface area (Å²) in [5.41, 5.74) is 4.49. The van der Waals surface area contributed by atoms with Crippen LogP contribution in [0.5, 0.6) is 0 Å². The fourth-order valence-electron chi connectivity index (χ4n) is 2.57. The Balaban J connectivity index is 1.94. The van der Waals surface area contributed by atoms with E-state index in [0.717, 1.165) is 17.2 Å². The second-order valence-corrected chi connectivity index (χ2v) is 8.36. The molecule has 0 aliphatic rings. The zero-order valence-corrected chi connectivity index (χ0v) is 17.3. The Kier molecular flexibility index (Phi) is 6.34. The third kappa shape index (κ3) is 5.13. The van der Waals surface area contributed by atoms with Crippen LogP contribution in [0.25, 0.3) is 0 Å². The number of nitro groups is 1. The number of hydrogen-bond acceptors (Lipinski definition) is 6. The summed E-state index contributed by atoms with van der Waals surface area (Å²) in [6.07, 6.45) is 1.54. The van der Waals surface area contributed by atoms with Gasteiger partial charge in [0.15, 0.2) is 0 Å². The Labute approximate surface area is 178 Å². The molecule has 0 aromatic heterocycles. The molecule has 0 unspecified atom stereocenters. The lowest BCUT2D eigenvalue weighted by molar-refractivity contribution is -0.385. The van der Waals surface area contributed by atoms with E-state index in [-0.39, 0.29) is 22.0 Å². The number of anilines is 2. The number of nitro benzene ring substituents is 1. The second kappa shape index (κ2) is 8.93. The minimum Gasteiger partial charge on any atom is -0.280 e. The van der Waals surface area contributed by atoms with Gasteiger partial charge in [-0.25, -0.2) is 8.42 Å². The molecule has 0 saturated carbocycles. The molecule has 0 aliphatic carbocycles. The van der Waals surface area contributed by atoms with Crippen LogP contribution < -0.4 is 10.1 Å². The van der Waals surface area contributed by atoms with Crippen LogP contribution in [0.2, 0.25) is 5.02 Å². The summed E-state index contributed by atoms with van der Waals surface area (Å²) in [4.78, 5) is 10.2. The highest BCUT2D eigenvalue weighted by atomic mass is 35.5. The molecular weight excluding hydrogens is 428 g/mol. The van der Waals surface area contributed by atoms with E-state index in [9.17, 15) is 18.5 Å². The highest BCUT2D eigenvalue weighted by molar-refractivity contribution is 7.92. The molecule has 154 valence electrons. The molecular formula is C20H17ClN4O4S. The molecule has 0 spiro atoms. The van der Waals surface area contributed by atoms with Gasteiger partial charge in [-0.15, -0.1) is 0 Å². The van der Waals surface area contributed by atoms with Crippen LogP contribution in [-0.4, -0.2) is 19.6 Å². The van der Waals surface area contributed by atoms with Gasteiger partial charge >= 0.3 is 0 Å². The third-order valence-corrected chi connectivity index (χ3v) is 5.81. The van der Waals surface area contributed by atoms with Crippen molar-refractivity contribution in [3.05, 3.63) is 93.0 Å². The van der Waals surface area contributed by atoms with Crippen LogP contribution >= 0.6 is 11.6 Å². The Morgan fingerprint density at radius 1 is 1.07 bits per heavy atom. The molecule has 0 amide bonds. The number of nitrogens with one attached hydrogen (secondary N) is 2. The first-order valence-corrected chi connectivity index (χ1v) is 10.5. The Bertz CT molecular complexity index is 1210. The number of sulfonamides is 1. The van der Waals surface area contributed by atoms with Gasteiger partial charge < -0.3 is 0 Å². The maximum absolute atomic E-state index is 12.9. The second-order valence-electron chi connectivity index (χ2n) is 6.28. The van der Waals surface area contributed by atoms with Crippen LogP contribution in [0.4, 0.5) is 17.1 Å². The van der Waals surface area contributed by atoms with Crippen LogP contribution in [0.3, 0.4) is 0 Å². The highest BCUT2D eigenvalue weighted by Crippen LogP contribution is 2.28. The van der Waals surface area contributed by atoms with E-state index in [2.05, 4.69) is 15.2 Å². The molecule has 0 bridgehead atoms. The molecule has 3 aromatic rings. The summed E-state index contributed by atoms with van der Waals surface area (Å²) >= 11 is 5.82. The summed E-state index contributed by atoms with van der Waals surface area (Å²) < 4.78 is 28.2. The van der Waals surface area contributed by atoms with Crippen molar-refractivity contribution in [3.8, 4) is 0 Å². The van der Waals surface area contributed by atoms with Gasteiger partial charge in [0, 0.05) is 22.8 Å². The lowest BCUT2D eigenvalue weighted by atomic mass is 10.1. The van der Waals surface area contributed by atoms with Gasteiger partial charge in [0.1, 0.15) is 4.90 Å². The van der Waals surface area contributed by atoms with Crippen molar-refractivity contribution in [1.82, 2.24) is 0 Å². The zero-order valence-electron chi connectivity index (χ0n) is 15.7. The number of nitrogens with zero attached hydrogens (tertiary/aromatic N) is 2. The standard InChI is InChI=1S/C20H17ClN4O4S/c1-14-4-2-3-5-15(14)13-22-23-19-11-10-18(25(26)27)12-20(19)30(28,29)24-17-8-6-16(21)7-9-17/h2-13,23-24H,1H3/b22-13+. The van der Waals surface area contributed by atoms with E-state index >= 15 is 0 Å². The maximum atomic E-state index is 12.9. The third-order valence-electron chi connectivity index (χ3n) is 4.14. The van der Waals surface area contributed by atoms with Crippen molar-refractivity contribution < 1.29 is 13.3 Å². The average molecular weight is 445 g/mol. The number of aryl methyl sites for hydroxylation is 1. The average Bonchev–Trinajstić information content (AvgIpc) is 2.71. The van der Waals surface area contributed by atoms with E-state index in [1.54, 1.807) is 6.21 Å². The number of hydrogen-bond donors (Lipinski definition) is 2. The molecule has 2 N–H and O–H groups in total. The minimum atomic E-state index is -4.15. The van der Waals surface area contributed by atoms with E-state index in [1.807, 2.05) is 31.2 Å². The zero-order chi connectivity index (χ0) is 21.7. The topological polar surface area (TPSA) is 114 Å². The monoisotopic (exact) mass is 444 g/mol. The lowest BCUT2D eigenvalue weighted by Gasteiger charge is -2.12. The molecule has 8 nitrogen and oxygen atoms in total. The molecule has 0 fully saturated rings. The van der Waals surface area contributed by atoms with Gasteiger partial charge in [0.2, 0.25) is 0 Å². The first-order valence-electron chi connectivity index (χ1n) is 8.68. The molecule has 3 rings (SSSR count). The fraction of sp³-hybridized carbons (Fsp3) is 0.0500. The van der Waals surface area contributed by atoms with Gasteiger partial charge in [-0.1, -0.05) is 35.9 Å². The Morgan fingerprint density at radius 2 is 1.77 bits per heavy atom. The number of halogens is 1. The van der Waals surface area contributed by atoms with Crippen molar-refractivity contribution in [1.29, 1.82) is 0 Å². The highest BCUT2D eigenvalue weighted by Gasteiger charge is 2.22. The van der Waals surface area contributed by atoms with E-state index in [0.29, 0.717) is 5.02 Å². The van der Waals surface area contributed by atoms with Crippen molar-refractivity contribution in [2.45, 2.75) is 11.8 Å². The van der Waals surface area contributed by atoms with Gasteiger partial charge in [-0.05, 0) is 48.4 Å². The molecule has 0 saturated heterocycles. The van der Waals surface area contributed by atoms with Gasteiger partial charge in [0.05, 0.1) is 16.8 Å². The molecule has 3 aromatic carbocycles. The number of non-ortho nitro benzene ring substituents is 1. The van der Waals surface area contributed by atoms with E-state index in [4.69, 9.17) is 11.6 Å². The number of rotatable bonds is 7. The number of hydrazone groups is 1. The summed E-state index contributed by atoms with van der Waals surface area (Å²) in [5, 5.41) is 15.7.